The van der Waals surface area contributed by atoms with Gasteiger partial charge in [0.1, 0.15) is 22.9 Å². The molecule has 0 radical (unpaired) electrons. The summed E-state index contributed by atoms with van der Waals surface area (Å²) in [5, 5.41) is 2.46. The van der Waals surface area contributed by atoms with Crippen LogP contribution >= 0.6 is 0 Å². The molecule has 0 saturated carbocycles. The number of ether oxygens (including phenoxy) is 2. The van der Waals surface area contributed by atoms with Gasteiger partial charge in [-0.05, 0) is 11.6 Å². The zero-order valence-electron chi connectivity index (χ0n) is 18.4. The number of hydrogen-bond donors (Lipinski definition) is 1. The van der Waals surface area contributed by atoms with Crippen molar-refractivity contribution in [3.8, 4) is 0 Å². The molecule has 2 aromatic carbocycles. The lowest BCUT2D eigenvalue weighted by atomic mass is 10.1. The molecule has 2 amide bonds. The largest absolute Gasteiger partial charge is 0.352 e. The second-order valence-electron chi connectivity index (χ2n) is 8.26. The molecule has 0 bridgehead atoms. The summed E-state index contributed by atoms with van der Waals surface area (Å²) < 4.78 is 40.1. The number of benzene rings is 2. The maximum absolute atomic E-state index is 13.8. The van der Waals surface area contributed by atoms with Crippen LogP contribution in [-0.2, 0) is 29.2 Å². The Morgan fingerprint density at radius 2 is 1.91 bits per heavy atom. The van der Waals surface area contributed by atoms with E-state index >= 15 is 0 Å². The van der Waals surface area contributed by atoms with E-state index in [1.54, 1.807) is 0 Å². The second-order valence-corrected chi connectivity index (χ2v) is 8.26. The lowest BCUT2D eigenvalue weighted by molar-refractivity contribution is -0.0464. The first-order valence-corrected chi connectivity index (χ1v) is 11.0. The highest BCUT2D eigenvalue weighted by Gasteiger charge is 2.43. The molecule has 2 atom stereocenters. The molecule has 2 aliphatic heterocycles. The number of carbonyl (C=O) groups excluding carboxylic acids is 2. The number of nitrogens with one attached hydrogen (secondary N) is 1. The van der Waals surface area contributed by atoms with E-state index in [2.05, 4.69) is 5.32 Å². The Balaban J connectivity index is 1.31. The quantitative estimate of drug-likeness (QED) is 0.584. The van der Waals surface area contributed by atoms with Gasteiger partial charge < -0.3 is 19.4 Å². The summed E-state index contributed by atoms with van der Waals surface area (Å²) in [5.41, 5.74) is 0.290. The van der Waals surface area contributed by atoms with Gasteiger partial charge in [-0.3, -0.25) is 19.3 Å². The van der Waals surface area contributed by atoms with Crippen molar-refractivity contribution in [3.63, 3.8) is 0 Å². The normalized spacial score (nSPS) is 18.8. The van der Waals surface area contributed by atoms with Crippen molar-refractivity contribution in [3.05, 3.63) is 105 Å². The number of carbonyl (C=O) groups is 2. The lowest BCUT2D eigenvalue weighted by Gasteiger charge is -2.34. The molecule has 2 aliphatic rings. The third kappa shape index (κ3) is 4.58. The van der Waals surface area contributed by atoms with E-state index in [0.717, 1.165) is 17.7 Å². The summed E-state index contributed by atoms with van der Waals surface area (Å²) in [6, 6.07) is 13.6. The maximum atomic E-state index is 13.8. The van der Waals surface area contributed by atoms with Crippen molar-refractivity contribution in [1.82, 2.24) is 14.8 Å². The summed E-state index contributed by atoms with van der Waals surface area (Å²) >= 11 is 0. The minimum Gasteiger partial charge on any atom is -0.352 e. The number of halogens is 2. The van der Waals surface area contributed by atoms with Crippen molar-refractivity contribution >= 4 is 11.8 Å². The Labute approximate surface area is 198 Å². The second kappa shape index (κ2) is 9.40. The molecular formula is C25H21F2N3O5. The summed E-state index contributed by atoms with van der Waals surface area (Å²) in [7, 11) is 0. The predicted molar refractivity (Wildman–Crippen MR) is 119 cm³/mol. The molecule has 1 aromatic heterocycles. The Morgan fingerprint density at radius 1 is 1.11 bits per heavy atom. The van der Waals surface area contributed by atoms with Crippen LogP contribution in [0.1, 0.15) is 32.0 Å². The highest BCUT2D eigenvalue weighted by atomic mass is 19.1. The number of aromatic nitrogens is 1. The third-order valence-corrected chi connectivity index (χ3v) is 5.97. The van der Waals surface area contributed by atoms with Crippen LogP contribution in [0.2, 0.25) is 0 Å². The highest BCUT2D eigenvalue weighted by molar-refractivity contribution is 5.97. The average molecular weight is 481 g/mol. The lowest BCUT2D eigenvalue weighted by Crippen LogP contribution is -2.50. The van der Waals surface area contributed by atoms with Crippen molar-refractivity contribution in [1.29, 1.82) is 0 Å². The molecule has 3 heterocycles. The number of nitrogens with zero attached hydrogens (tertiary/aromatic N) is 2. The molecule has 0 aliphatic carbocycles. The Hall–Kier alpha value is -3.89. The first-order valence-electron chi connectivity index (χ1n) is 11.0. The highest BCUT2D eigenvalue weighted by Crippen LogP contribution is 2.27. The summed E-state index contributed by atoms with van der Waals surface area (Å²) in [5.74, 6) is -2.71. The average Bonchev–Trinajstić information content (AvgIpc) is 3.26. The van der Waals surface area contributed by atoms with Gasteiger partial charge in [-0.2, -0.15) is 0 Å². The van der Waals surface area contributed by atoms with Gasteiger partial charge in [-0.25, -0.2) is 8.78 Å². The van der Waals surface area contributed by atoms with E-state index in [-0.39, 0.29) is 36.5 Å². The van der Waals surface area contributed by atoms with Crippen molar-refractivity contribution in [2.45, 2.75) is 32.2 Å². The molecule has 1 N–H and O–H groups in total. The van der Waals surface area contributed by atoms with Gasteiger partial charge in [0.2, 0.25) is 0 Å². The number of pyridine rings is 1. The third-order valence-electron chi connectivity index (χ3n) is 5.97. The van der Waals surface area contributed by atoms with Crippen LogP contribution < -0.4 is 10.7 Å². The van der Waals surface area contributed by atoms with E-state index in [1.807, 2.05) is 30.3 Å². The van der Waals surface area contributed by atoms with Gasteiger partial charge in [-0.15, -0.1) is 0 Å². The van der Waals surface area contributed by atoms with Crippen LogP contribution in [0.3, 0.4) is 0 Å². The SMILES string of the molecule is O=C(NCc1ccc(F)cc1F)c1cn2c(cc1=O)C(=O)N1[C@H](C2)OC[C@H]1OCc1ccccc1. The minimum atomic E-state index is -0.805. The first kappa shape index (κ1) is 22.9. The standard InChI is InChI=1S/C25H21F2N3O5/c26-17-7-6-16(19(27)8-17)10-28-24(32)18-11-29-12-22-30(25(33)20(29)9-21(18)31)23(14-35-22)34-13-15-4-2-1-3-5-15/h1-9,11,22-23H,10,12-14H2,(H,28,32)/t22-,23+/m0/s1. The summed E-state index contributed by atoms with van der Waals surface area (Å²) in [6.07, 6.45) is 0.0812. The number of fused-ring (bicyclic) bond motifs is 2. The van der Waals surface area contributed by atoms with Gasteiger partial charge >= 0.3 is 0 Å². The van der Waals surface area contributed by atoms with E-state index in [4.69, 9.17) is 9.47 Å². The molecule has 3 aromatic rings. The minimum absolute atomic E-state index is 0.0736. The van der Waals surface area contributed by atoms with Crippen LogP contribution in [0.25, 0.3) is 0 Å². The van der Waals surface area contributed by atoms with Crippen molar-refractivity contribution in [2.75, 3.05) is 6.61 Å². The van der Waals surface area contributed by atoms with Gasteiger partial charge in [0.15, 0.2) is 17.9 Å². The monoisotopic (exact) mass is 481 g/mol. The number of rotatable bonds is 6. The first-order chi connectivity index (χ1) is 16.9. The molecule has 0 unspecified atom stereocenters. The fraction of sp³-hybridized carbons (Fsp3) is 0.240. The van der Waals surface area contributed by atoms with E-state index < -0.39 is 41.3 Å². The molecule has 1 saturated heterocycles. The van der Waals surface area contributed by atoms with Gasteiger partial charge in [0, 0.05) is 30.4 Å². The zero-order chi connectivity index (χ0) is 24.5. The molecular weight excluding hydrogens is 460 g/mol. The van der Waals surface area contributed by atoms with E-state index in [9.17, 15) is 23.2 Å². The van der Waals surface area contributed by atoms with Crippen LogP contribution in [0.4, 0.5) is 8.78 Å². The van der Waals surface area contributed by atoms with Gasteiger partial charge in [0.05, 0.1) is 19.8 Å². The van der Waals surface area contributed by atoms with E-state index in [1.165, 1.54) is 21.7 Å². The predicted octanol–water partition coefficient (Wildman–Crippen LogP) is 2.41. The smallest absolute Gasteiger partial charge is 0.274 e. The van der Waals surface area contributed by atoms with Crippen molar-refractivity contribution in [2.24, 2.45) is 0 Å². The molecule has 35 heavy (non-hydrogen) atoms. The Morgan fingerprint density at radius 3 is 2.69 bits per heavy atom. The summed E-state index contributed by atoms with van der Waals surface area (Å²) in [4.78, 5) is 39.9. The fourth-order valence-corrected chi connectivity index (χ4v) is 4.15. The Kier molecular flexibility index (Phi) is 6.14. The fourth-order valence-electron chi connectivity index (χ4n) is 4.15. The van der Waals surface area contributed by atoms with Crippen LogP contribution in [0, 0.1) is 11.6 Å². The Bertz CT molecular complexity index is 1340. The molecule has 8 nitrogen and oxygen atoms in total. The molecule has 10 heteroatoms. The number of amides is 2. The van der Waals surface area contributed by atoms with Crippen molar-refractivity contribution < 1.29 is 27.8 Å². The van der Waals surface area contributed by atoms with Gasteiger partial charge in [-0.1, -0.05) is 36.4 Å². The van der Waals surface area contributed by atoms with Crippen LogP contribution in [0.15, 0.2) is 65.6 Å². The van der Waals surface area contributed by atoms with Gasteiger partial charge in [0.25, 0.3) is 11.8 Å². The maximum Gasteiger partial charge on any atom is 0.274 e. The zero-order valence-corrected chi connectivity index (χ0v) is 18.4. The molecule has 1 fully saturated rings. The number of hydrogen-bond acceptors (Lipinski definition) is 5. The molecule has 5 rings (SSSR count). The molecule has 180 valence electrons. The van der Waals surface area contributed by atoms with E-state index in [0.29, 0.717) is 12.7 Å². The topological polar surface area (TPSA) is 89.9 Å². The molecule has 0 spiro atoms. The summed E-state index contributed by atoms with van der Waals surface area (Å²) in [6.45, 7) is 0.453. The van der Waals surface area contributed by atoms with Crippen LogP contribution in [0.5, 0.6) is 0 Å². The van der Waals surface area contributed by atoms with Crippen LogP contribution in [-0.4, -0.2) is 40.3 Å².